The van der Waals surface area contributed by atoms with Crippen LogP contribution in [0.5, 0.6) is 5.75 Å². The molecule has 0 aliphatic carbocycles. The summed E-state index contributed by atoms with van der Waals surface area (Å²) in [7, 11) is 0. The van der Waals surface area contributed by atoms with E-state index in [4.69, 9.17) is 9.47 Å². The smallest absolute Gasteiger partial charge is 0.363 e. The number of benzene rings is 2. The quantitative estimate of drug-likeness (QED) is 0.188. The maximum Gasteiger partial charge on any atom is 0.363 e. The van der Waals surface area contributed by atoms with Crippen molar-refractivity contribution >= 4 is 40.5 Å². The van der Waals surface area contributed by atoms with Gasteiger partial charge < -0.3 is 9.47 Å². The molecule has 28 heavy (non-hydrogen) atoms. The molecule has 1 aliphatic heterocycles. The number of nitrogens with zero attached hydrogens (tertiary/aromatic N) is 1. The summed E-state index contributed by atoms with van der Waals surface area (Å²) in [4.78, 5) is 16.5. The fourth-order valence-electron chi connectivity index (χ4n) is 2.88. The summed E-state index contributed by atoms with van der Waals surface area (Å²) in [5.41, 5.74) is 1.99. The molecule has 0 amide bonds. The molecule has 0 radical (unpaired) electrons. The van der Waals surface area contributed by atoms with Crippen molar-refractivity contribution in [3.8, 4) is 5.75 Å². The fraction of sp³-hybridized carbons (Fsp3) is 0.304. The van der Waals surface area contributed by atoms with Crippen molar-refractivity contribution in [2.45, 2.75) is 39.0 Å². The SMILES string of the molecule is CCCCCCCOc1ccc(C2=N/C(=C\c3cccc(I)c3)C(=O)O2)cc1. The Labute approximate surface area is 179 Å². The topological polar surface area (TPSA) is 47.9 Å². The molecule has 0 aromatic heterocycles. The predicted molar refractivity (Wildman–Crippen MR) is 120 cm³/mol. The number of carbonyl (C=O) groups excluding carboxylic acids is 1. The number of hydrogen-bond donors (Lipinski definition) is 0. The molecule has 0 fully saturated rings. The van der Waals surface area contributed by atoms with Crippen molar-refractivity contribution in [3.05, 3.63) is 68.9 Å². The number of rotatable bonds is 9. The van der Waals surface area contributed by atoms with E-state index in [1.54, 1.807) is 6.08 Å². The summed E-state index contributed by atoms with van der Waals surface area (Å²) in [6, 6.07) is 15.4. The van der Waals surface area contributed by atoms with Crippen molar-refractivity contribution in [3.63, 3.8) is 0 Å². The first-order chi connectivity index (χ1) is 13.7. The number of esters is 1. The van der Waals surface area contributed by atoms with Crippen LogP contribution in [0.15, 0.2) is 59.2 Å². The third-order valence-electron chi connectivity index (χ3n) is 4.39. The minimum Gasteiger partial charge on any atom is -0.494 e. The summed E-state index contributed by atoms with van der Waals surface area (Å²) >= 11 is 2.24. The van der Waals surface area contributed by atoms with E-state index in [1.807, 2.05) is 48.5 Å². The predicted octanol–water partition coefficient (Wildman–Crippen LogP) is 5.98. The molecule has 1 heterocycles. The Bertz CT molecular complexity index is 872. The highest BCUT2D eigenvalue weighted by molar-refractivity contribution is 14.1. The van der Waals surface area contributed by atoms with Crippen LogP contribution in [0.2, 0.25) is 0 Å². The van der Waals surface area contributed by atoms with Crippen LogP contribution < -0.4 is 4.74 Å². The zero-order valence-electron chi connectivity index (χ0n) is 16.0. The van der Waals surface area contributed by atoms with Crippen LogP contribution in [0.1, 0.15) is 50.2 Å². The molecule has 0 unspecified atom stereocenters. The van der Waals surface area contributed by atoms with Crippen LogP contribution in [0.3, 0.4) is 0 Å². The second-order valence-electron chi connectivity index (χ2n) is 6.68. The highest BCUT2D eigenvalue weighted by Gasteiger charge is 2.24. The van der Waals surface area contributed by atoms with Crippen LogP contribution in [0, 0.1) is 3.57 Å². The molecule has 1 aliphatic rings. The van der Waals surface area contributed by atoms with Crippen LogP contribution in [0.25, 0.3) is 6.08 Å². The van der Waals surface area contributed by atoms with E-state index >= 15 is 0 Å². The lowest BCUT2D eigenvalue weighted by Crippen LogP contribution is -2.05. The lowest BCUT2D eigenvalue weighted by molar-refractivity contribution is -0.129. The first-order valence-electron chi connectivity index (χ1n) is 9.67. The van der Waals surface area contributed by atoms with Gasteiger partial charge in [0, 0.05) is 9.13 Å². The van der Waals surface area contributed by atoms with Gasteiger partial charge in [-0.05, 0) is 77.0 Å². The third-order valence-corrected chi connectivity index (χ3v) is 5.06. The van der Waals surface area contributed by atoms with Crippen LogP contribution in [0.4, 0.5) is 0 Å². The average molecular weight is 489 g/mol. The van der Waals surface area contributed by atoms with Gasteiger partial charge in [0.15, 0.2) is 5.70 Å². The lowest BCUT2D eigenvalue weighted by Gasteiger charge is -2.07. The Morgan fingerprint density at radius 1 is 1.07 bits per heavy atom. The maximum atomic E-state index is 12.1. The Balaban J connectivity index is 1.60. The zero-order chi connectivity index (χ0) is 19.8. The van der Waals surface area contributed by atoms with Gasteiger partial charge in [-0.25, -0.2) is 9.79 Å². The molecule has 146 valence electrons. The van der Waals surface area contributed by atoms with Crippen LogP contribution >= 0.6 is 22.6 Å². The van der Waals surface area contributed by atoms with E-state index in [2.05, 4.69) is 34.5 Å². The van der Waals surface area contributed by atoms with Crippen molar-refractivity contribution in [2.75, 3.05) is 6.61 Å². The molecule has 0 atom stereocenters. The highest BCUT2D eigenvalue weighted by Crippen LogP contribution is 2.21. The zero-order valence-corrected chi connectivity index (χ0v) is 18.1. The van der Waals surface area contributed by atoms with E-state index in [0.717, 1.165) is 33.5 Å². The van der Waals surface area contributed by atoms with Gasteiger partial charge in [0.2, 0.25) is 5.90 Å². The molecule has 0 saturated heterocycles. The van der Waals surface area contributed by atoms with Gasteiger partial charge in [0.1, 0.15) is 5.75 Å². The molecule has 0 spiro atoms. The number of ether oxygens (including phenoxy) is 2. The molecule has 0 saturated carbocycles. The van der Waals surface area contributed by atoms with Gasteiger partial charge >= 0.3 is 5.97 Å². The Morgan fingerprint density at radius 2 is 1.86 bits per heavy atom. The molecular weight excluding hydrogens is 465 g/mol. The minimum atomic E-state index is -0.429. The van der Waals surface area contributed by atoms with E-state index in [1.165, 1.54) is 25.7 Å². The van der Waals surface area contributed by atoms with Gasteiger partial charge in [0.05, 0.1) is 6.61 Å². The summed E-state index contributed by atoms with van der Waals surface area (Å²) in [5, 5.41) is 0. The number of cyclic esters (lactones) is 1. The molecule has 0 bridgehead atoms. The second-order valence-corrected chi connectivity index (χ2v) is 7.92. The molecule has 5 heteroatoms. The van der Waals surface area contributed by atoms with Gasteiger partial charge in [-0.1, -0.05) is 44.7 Å². The van der Waals surface area contributed by atoms with Gasteiger partial charge in [-0.15, -0.1) is 0 Å². The van der Waals surface area contributed by atoms with Crippen LogP contribution in [-0.4, -0.2) is 18.5 Å². The largest absolute Gasteiger partial charge is 0.494 e. The number of aliphatic imine (C=N–C) groups is 1. The normalized spacial score (nSPS) is 14.9. The van der Waals surface area contributed by atoms with Crippen molar-refractivity contribution in [1.82, 2.24) is 0 Å². The fourth-order valence-corrected chi connectivity index (χ4v) is 3.44. The maximum absolute atomic E-state index is 12.1. The number of carbonyl (C=O) groups is 1. The molecular formula is C23H24INO3. The Morgan fingerprint density at radius 3 is 2.61 bits per heavy atom. The molecule has 3 rings (SSSR count). The highest BCUT2D eigenvalue weighted by atomic mass is 127. The second kappa shape index (κ2) is 10.4. The standard InChI is InChI=1S/C23H24INO3/c1-2-3-4-5-6-14-27-20-12-10-18(11-13-20)22-25-21(23(26)28-22)16-17-8-7-9-19(24)15-17/h7-13,15-16H,2-6,14H2,1H3/b21-16-. The molecule has 0 N–H and O–H groups in total. The van der Waals surface area contributed by atoms with Crippen molar-refractivity contribution in [1.29, 1.82) is 0 Å². The summed E-state index contributed by atoms with van der Waals surface area (Å²) in [5.74, 6) is 0.716. The van der Waals surface area contributed by atoms with E-state index < -0.39 is 5.97 Å². The third kappa shape index (κ3) is 5.92. The molecule has 2 aromatic rings. The summed E-state index contributed by atoms with van der Waals surface area (Å²) in [6.45, 7) is 2.94. The molecule has 2 aromatic carbocycles. The van der Waals surface area contributed by atoms with Crippen LogP contribution in [-0.2, 0) is 9.53 Å². The van der Waals surface area contributed by atoms with Gasteiger partial charge in [-0.2, -0.15) is 0 Å². The summed E-state index contributed by atoms with van der Waals surface area (Å²) in [6.07, 6.45) is 7.82. The first-order valence-corrected chi connectivity index (χ1v) is 10.7. The van der Waals surface area contributed by atoms with E-state index in [-0.39, 0.29) is 0 Å². The molecule has 4 nitrogen and oxygen atoms in total. The first kappa shape index (κ1) is 20.6. The van der Waals surface area contributed by atoms with Crippen molar-refractivity contribution < 1.29 is 14.3 Å². The number of hydrogen-bond acceptors (Lipinski definition) is 4. The lowest BCUT2D eigenvalue weighted by atomic mass is 10.2. The Kier molecular flexibility index (Phi) is 7.65. The minimum absolute atomic E-state index is 0.310. The average Bonchev–Trinajstić information content (AvgIpc) is 3.05. The van der Waals surface area contributed by atoms with E-state index in [0.29, 0.717) is 11.6 Å². The monoisotopic (exact) mass is 489 g/mol. The van der Waals surface area contributed by atoms with E-state index in [9.17, 15) is 4.79 Å². The summed E-state index contributed by atoms with van der Waals surface area (Å²) < 4.78 is 12.2. The van der Waals surface area contributed by atoms with Gasteiger partial charge in [0.25, 0.3) is 0 Å². The van der Waals surface area contributed by atoms with Gasteiger partial charge in [-0.3, -0.25) is 0 Å². The number of halogens is 1. The van der Waals surface area contributed by atoms with Crippen molar-refractivity contribution in [2.24, 2.45) is 4.99 Å². The Hall–Kier alpha value is -2.15. The number of unbranched alkanes of at least 4 members (excludes halogenated alkanes) is 4.